The molecule has 3 rings (SSSR count). The summed E-state index contributed by atoms with van der Waals surface area (Å²) in [6, 6.07) is 9.49. The van der Waals surface area contributed by atoms with Crippen LogP contribution in [0.5, 0.6) is 5.75 Å². The molecule has 1 heterocycles. The zero-order valence-electron chi connectivity index (χ0n) is 13.2. The Morgan fingerprint density at radius 1 is 1.25 bits per heavy atom. The van der Waals surface area contributed by atoms with Crippen LogP contribution in [0.1, 0.15) is 18.1 Å². The molecule has 0 unspecified atom stereocenters. The van der Waals surface area contributed by atoms with Crippen molar-refractivity contribution in [1.29, 1.82) is 0 Å². The Morgan fingerprint density at radius 3 is 2.71 bits per heavy atom. The Balaban J connectivity index is 1.75. The Labute approximate surface area is 149 Å². The number of nitrogens with one attached hydrogen (secondary N) is 2. The van der Waals surface area contributed by atoms with Gasteiger partial charge in [0.05, 0.1) is 33.9 Å². The van der Waals surface area contributed by atoms with Crippen molar-refractivity contribution in [3.05, 3.63) is 51.5 Å². The number of ether oxygens (including phenoxy) is 1. The second-order valence-electron chi connectivity index (χ2n) is 5.22. The summed E-state index contributed by atoms with van der Waals surface area (Å²) in [4.78, 5) is 7.57. The molecule has 0 saturated heterocycles. The lowest BCUT2D eigenvalue weighted by atomic mass is 10.2. The number of imidazole rings is 1. The number of rotatable bonds is 5. The van der Waals surface area contributed by atoms with Crippen LogP contribution >= 0.6 is 23.2 Å². The van der Waals surface area contributed by atoms with E-state index < -0.39 is 0 Å². The number of hydrazone groups is 1. The van der Waals surface area contributed by atoms with E-state index in [1.54, 1.807) is 18.3 Å². The maximum atomic E-state index is 6.17. The van der Waals surface area contributed by atoms with Crippen LogP contribution in [-0.4, -0.2) is 22.8 Å². The molecule has 0 fully saturated rings. The number of aryl methyl sites for hydroxylation is 1. The topological polar surface area (TPSA) is 62.3 Å². The van der Waals surface area contributed by atoms with Gasteiger partial charge in [-0.3, -0.25) is 0 Å². The molecule has 0 radical (unpaired) electrons. The third kappa shape index (κ3) is 3.63. The predicted molar refractivity (Wildman–Crippen MR) is 99.7 cm³/mol. The molecule has 0 amide bonds. The van der Waals surface area contributed by atoms with Crippen LogP contribution in [0.15, 0.2) is 35.4 Å². The van der Waals surface area contributed by atoms with Gasteiger partial charge in [0.2, 0.25) is 5.95 Å². The first-order valence-corrected chi connectivity index (χ1v) is 8.19. The number of fused-ring (bicyclic) bond motifs is 1. The molecule has 124 valence electrons. The smallest absolute Gasteiger partial charge is 0.222 e. The van der Waals surface area contributed by atoms with Crippen LogP contribution in [0.2, 0.25) is 10.0 Å². The molecule has 2 N–H and O–H groups in total. The van der Waals surface area contributed by atoms with E-state index in [-0.39, 0.29) is 0 Å². The van der Waals surface area contributed by atoms with E-state index in [2.05, 4.69) is 20.5 Å². The molecule has 5 nitrogen and oxygen atoms in total. The monoisotopic (exact) mass is 362 g/mol. The number of hydrogen-bond acceptors (Lipinski definition) is 4. The zero-order chi connectivity index (χ0) is 17.1. The highest BCUT2D eigenvalue weighted by Crippen LogP contribution is 2.33. The van der Waals surface area contributed by atoms with Crippen molar-refractivity contribution in [2.45, 2.75) is 13.8 Å². The molecule has 7 heteroatoms. The molecule has 0 atom stereocenters. The summed E-state index contributed by atoms with van der Waals surface area (Å²) in [5.74, 6) is 1.05. The summed E-state index contributed by atoms with van der Waals surface area (Å²) in [7, 11) is 0. The summed E-state index contributed by atoms with van der Waals surface area (Å²) in [5, 5.41) is 5.06. The number of aromatic amines is 1. The Kier molecular flexibility index (Phi) is 4.92. The molecule has 3 aromatic rings. The highest BCUT2D eigenvalue weighted by Gasteiger charge is 2.08. The van der Waals surface area contributed by atoms with E-state index in [9.17, 15) is 0 Å². The van der Waals surface area contributed by atoms with E-state index in [1.165, 1.54) is 5.56 Å². The van der Waals surface area contributed by atoms with Crippen molar-refractivity contribution in [3.63, 3.8) is 0 Å². The van der Waals surface area contributed by atoms with Crippen molar-refractivity contribution < 1.29 is 4.74 Å². The van der Waals surface area contributed by atoms with Crippen molar-refractivity contribution >= 4 is 46.4 Å². The van der Waals surface area contributed by atoms with Gasteiger partial charge < -0.3 is 9.72 Å². The van der Waals surface area contributed by atoms with Gasteiger partial charge in [0.25, 0.3) is 0 Å². The molecule has 0 aliphatic carbocycles. The molecule has 0 aliphatic heterocycles. The minimum atomic E-state index is 0.449. The highest BCUT2D eigenvalue weighted by atomic mass is 35.5. The average Bonchev–Trinajstić information content (AvgIpc) is 2.92. The summed E-state index contributed by atoms with van der Waals surface area (Å²) in [6.07, 6.45) is 1.62. The lowest BCUT2D eigenvalue weighted by Gasteiger charge is -2.08. The lowest BCUT2D eigenvalue weighted by molar-refractivity contribution is 0.340. The lowest BCUT2D eigenvalue weighted by Crippen LogP contribution is -1.96. The van der Waals surface area contributed by atoms with Gasteiger partial charge in [0.1, 0.15) is 0 Å². The van der Waals surface area contributed by atoms with E-state index in [1.807, 2.05) is 32.0 Å². The van der Waals surface area contributed by atoms with E-state index in [4.69, 9.17) is 27.9 Å². The summed E-state index contributed by atoms with van der Waals surface area (Å²) in [5.41, 5.74) is 6.63. The number of hydrogen-bond donors (Lipinski definition) is 2. The maximum absolute atomic E-state index is 6.17. The fraction of sp³-hybridized carbons (Fsp3) is 0.176. The van der Waals surface area contributed by atoms with Gasteiger partial charge in [0, 0.05) is 0 Å². The molecular weight excluding hydrogens is 347 g/mol. The Hall–Kier alpha value is -2.24. The number of halogens is 2. The van der Waals surface area contributed by atoms with E-state index in [0.717, 1.165) is 16.6 Å². The zero-order valence-corrected chi connectivity index (χ0v) is 14.7. The third-order valence-corrected chi connectivity index (χ3v) is 3.89. The van der Waals surface area contributed by atoms with Gasteiger partial charge in [-0.05, 0) is 49.2 Å². The SMILES string of the molecule is CCOc1c(Cl)cc(/C=N\Nc2nc3ccc(C)cc3[nH]2)cc1Cl. The molecule has 2 aromatic carbocycles. The molecule has 0 saturated carbocycles. The third-order valence-electron chi connectivity index (χ3n) is 3.33. The van der Waals surface area contributed by atoms with Crippen molar-refractivity contribution in [3.8, 4) is 5.75 Å². The molecular formula is C17H16Cl2N4O. The minimum Gasteiger partial charge on any atom is -0.491 e. The number of benzene rings is 2. The second-order valence-corrected chi connectivity index (χ2v) is 6.04. The van der Waals surface area contributed by atoms with Gasteiger partial charge in [-0.25, -0.2) is 10.4 Å². The average molecular weight is 363 g/mol. The highest BCUT2D eigenvalue weighted by molar-refractivity contribution is 6.37. The van der Waals surface area contributed by atoms with Gasteiger partial charge in [0.15, 0.2) is 5.75 Å². The Bertz CT molecular complexity index is 882. The van der Waals surface area contributed by atoms with Crippen LogP contribution in [0.25, 0.3) is 11.0 Å². The van der Waals surface area contributed by atoms with Crippen molar-refractivity contribution in [2.75, 3.05) is 12.0 Å². The first-order chi connectivity index (χ1) is 11.6. The van der Waals surface area contributed by atoms with Crippen molar-refractivity contribution in [1.82, 2.24) is 9.97 Å². The summed E-state index contributed by atoms with van der Waals surface area (Å²) in [6.45, 7) is 4.41. The van der Waals surface area contributed by atoms with Gasteiger partial charge in [-0.2, -0.15) is 5.10 Å². The largest absolute Gasteiger partial charge is 0.491 e. The van der Waals surface area contributed by atoms with Gasteiger partial charge in [-0.15, -0.1) is 0 Å². The number of H-pyrrole nitrogens is 1. The number of aromatic nitrogens is 2. The molecule has 0 aliphatic rings. The van der Waals surface area contributed by atoms with Crippen LogP contribution < -0.4 is 10.2 Å². The first-order valence-electron chi connectivity index (χ1n) is 7.44. The molecule has 0 bridgehead atoms. The van der Waals surface area contributed by atoms with E-state index in [0.29, 0.717) is 28.3 Å². The molecule has 1 aromatic heterocycles. The number of anilines is 1. The standard InChI is InChI=1S/C17H16Cl2N4O/c1-3-24-16-12(18)7-11(8-13(16)19)9-20-23-17-21-14-5-4-10(2)6-15(14)22-17/h4-9H,3H2,1-2H3,(H2,21,22,23)/b20-9-. The predicted octanol–water partition coefficient (Wildman–Crippen LogP) is 5.02. The molecule has 0 spiro atoms. The minimum absolute atomic E-state index is 0.449. The van der Waals surface area contributed by atoms with Crippen molar-refractivity contribution in [2.24, 2.45) is 5.10 Å². The van der Waals surface area contributed by atoms with Crippen LogP contribution in [-0.2, 0) is 0 Å². The fourth-order valence-corrected chi connectivity index (χ4v) is 2.89. The second kappa shape index (κ2) is 7.11. The van der Waals surface area contributed by atoms with Crippen LogP contribution in [0.4, 0.5) is 5.95 Å². The van der Waals surface area contributed by atoms with E-state index >= 15 is 0 Å². The maximum Gasteiger partial charge on any atom is 0.222 e. The number of nitrogens with zero attached hydrogens (tertiary/aromatic N) is 2. The Morgan fingerprint density at radius 2 is 2.00 bits per heavy atom. The fourth-order valence-electron chi connectivity index (χ4n) is 2.28. The van der Waals surface area contributed by atoms with Gasteiger partial charge >= 0.3 is 0 Å². The molecule has 24 heavy (non-hydrogen) atoms. The van der Waals surface area contributed by atoms with Crippen LogP contribution in [0.3, 0.4) is 0 Å². The quantitative estimate of drug-likeness (QED) is 0.494. The summed E-state index contributed by atoms with van der Waals surface area (Å²) < 4.78 is 5.40. The normalized spacial score (nSPS) is 11.3. The van der Waals surface area contributed by atoms with Gasteiger partial charge in [-0.1, -0.05) is 29.3 Å². The van der Waals surface area contributed by atoms with Crippen LogP contribution in [0, 0.1) is 6.92 Å². The summed E-state index contributed by atoms with van der Waals surface area (Å²) >= 11 is 12.3. The first kappa shape index (κ1) is 16.6.